The van der Waals surface area contributed by atoms with Crippen molar-refractivity contribution in [2.75, 3.05) is 26.4 Å². The maximum atomic E-state index is 12.6. The van der Waals surface area contributed by atoms with E-state index in [9.17, 15) is 19.0 Å². The maximum absolute atomic E-state index is 12.6. The van der Waals surface area contributed by atoms with Gasteiger partial charge in [0.2, 0.25) is 0 Å². The van der Waals surface area contributed by atoms with Crippen LogP contribution in [0.3, 0.4) is 0 Å². The van der Waals surface area contributed by atoms with Gasteiger partial charge in [0.05, 0.1) is 13.2 Å². The first-order valence-corrected chi connectivity index (χ1v) is 29.0. The van der Waals surface area contributed by atoms with Crippen molar-refractivity contribution in [3.05, 3.63) is 36.5 Å². The van der Waals surface area contributed by atoms with Gasteiger partial charge in [0, 0.05) is 19.4 Å². The van der Waals surface area contributed by atoms with E-state index in [1.807, 2.05) is 0 Å². The Balaban J connectivity index is 3.90. The highest BCUT2D eigenvalue weighted by Gasteiger charge is 2.26. The summed E-state index contributed by atoms with van der Waals surface area (Å²) in [7, 11) is -4.38. The molecule has 0 radical (unpaired) electrons. The lowest BCUT2D eigenvalue weighted by Crippen LogP contribution is -2.29. The predicted molar refractivity (Wildman–Crippen MR) is 275 cm³/mol. The first-order valence-electron chi connectivity index (χ1n) is 27.5. The molecule has 0 aliphatic carbocycles. The van der Waals surface area contributed by atoms with Gasteiger partial charge < -0.3 is 20.1 Å². The Morgan fingerprint density at radius 1 is 0.462 bits per heavy atom. The Morgan fingerprint density at radius 3 is 1.22 bits per heavy atom. The minimum absolute atomic E-state index is 0.0517. The third-order valence-corrected chi connectivity index (χ3v) is 13.0. The summed E-state index contributed by atoms with van der Waals surface area (Å²) >= 11 is 0. The van der Waals surface area contributed by atoms with Crippen molar-refractivity contribution in [2.45, 2.75) is 277 Å². The van der Waals surface area contributed by atoms with Gasteiger partial charge in [0.1, 0.15) is 6.61 Å². The van der Waals surface area contributed by atoms with Gasteiger partial charge in [-0.15, -0.1) is 0 Å². The van der Waals surface area contributed by atoms with Gasteiger partial charge in [-0.2, -0.15) is 0 Å². The van der Waals surface area contributed by atoms with Crippen molar-refractivity contribution >= 4 is 19.8 Å². The zero-order chi connectivity index (χ0) is 47.4. The number of unbranched alkanes of at least 4 members (excludes halogenated alkanes) is 33. The normalized spacial score (nSPS) is 13.4. The SMILES string of the molecule is CCCCC/C=C\C/C=C\CCCCCCCC(=O)OC(COC(=O)CCCCCCCCCCCCCCCCCCC/C=C\CCCCCCCCCC)COP(=O)(O)OCCN. The molecule has 0 aromatic rings. The van der Waals surface area contributed by atoms with E-state index in [2.05, 4.69) is 50.3 Å². The van der Waals surface area contributed by atoms with Gasteiger partial charge in [-0.3, -0.25) is 18.6 Å². The second-order valence-electron chi connectivity index (χ2n) is 18.4. The molecule has 0 aromatic heterocycles. The molecule has 0 rings (SSSR count). The molecule has 65 heavy (non-hydrogen) atoms. The zero-order valence-corrected chi connectivity index (χ0v) is 43.4. The number of carbonyl (C=O) groups is 2. The Kier molecular flexibility index (Phi) is 50.2. The summed E-state index contributed by atoms with van der Waals surface area (Å²) in [6.45, 7) is 3.73. The molecule has 0 bridgehead atoms. The van der Waals surface area contributed by atoms with Crippen molar-refractivity contribution in [1.29, 1.82) is 0 Å². The van der Waals surface area contributed by atoms with Crippen LogP contribution in [0.5, 0.6) is 0 Å². The van der Waals surface area contributed by atoms with Crippen LogP contribution in [0.2, 0.25) is 0 Å². The van der Waals surface area contributed by atoms with Crippen LogP contribution in [-0.4, -0.2) is 49.3 Å². The molecular weight excluding hydrogens is 834 g/mol. The molecule has 0 saturated carbocycles. The summed E-state index contributed by atoms with van der Waals surface area (Å²) in [4.78, 5) is 35.1. The summed E-state index contributed by atoms with van der Waals surface area (Å²) in [5.74, 6) is -0.834. The van der Waals surface area contributed by atoms with Crippen LogP contribution < -0.4 is 5.73 Å². The van der Waals surface area contributed by atoms with Crippen LogP contribution in [0.15, 0.2) is 36.5 Å². The van der Waals surface area contributed by atoms with Crippen LogP contribution >= 0.6 is 7.82 Å². The van der Waals surface area contributed by atoms with E-state index in [4.69, 9.17) is 24.3 Å². The van der Waals surface area contributed by atoms with Crippen LogP contribution in [0.25, 0.3) is 0 Å². The Hall–Kier alpha value is -1.77. The van der Waals surface area contributed by atoms with Crippen LogP contribution in [0.4, 0.5) is 0 Å². The standard InChI is InChI=1S/C55H104NO8P/c1-3-5-7-9-11-13-15-17-19-20-21-22-23-24-25-26-27-28-29-30-31-32-34-35-37-39-41-43-45-47-54(57)61-51-53(52-63-65(59,60)62-50-49-56)64-55(58)48-46-44-42-40-38-36-33-18-16-14-12-10-8-6-4-2/h12,14,18,20-21,33,53H,3-11,13,15-17,19,22-32,34-52,56H2,1-2H3,(H,59,60)/b14-12-,21-20-,33-18-. The predicted octanol–water partition coefficient (Wildman–Crippen LogP) is 16.8. The summed E-state index contributed by atoms with van der Waals surface area (Å²) in [5.41, 5.74) is 5.37. The molecule has 0 aliphatic rings. The Labute approximate surface area is 401 Å². The quantitative estimate of drug-likeness (QED) is 0.0264. The molecule has 9 nitrogen and oxygen atoms in total. The smallest absolute Gasteiger partial charge is 0.462 e. The molecule has 2 unspecified atom stereocenters. The molecule has 0 amide bonds. The van der Waals surface area contributed by atoms with Gasteiger partial charge in [-0.05, 0) is 70.6 Å². The van der Waals surface area contributed by atoms with E-state index < -0.39 is 26.5 Å². The lowest BCUT2D eigenvalue weighted by molar-refractivity contribution is -0.161. The lowest BCUT2D eigenvalue weighted by Gasteiger charge is -2.19. The third kappa shape index (κ3) is 51.5. The summed E-state index contributed by atoms with van der Waals surface area (Å²) < 4.78 is 32.9. The number of phosphoric ester groups is 1. The second-order valence-corrected chi connectivity index (χ2v) is 19.9. The average Bonchev–Trinajstić information content (AvgIpc) is 3.30. The molecule has 2 atom stereocenters. The fraction of sp³-hybridized carbons (Fsp3) is 0.855. The maximum Gasteiger partial charge on any atom is 0.472 e. The molecule has 10 heteroatoms. The van der Waals surface area contributed by atoms with E-state index in [-0.39, 0.29) is 38.6 Å². The lowest BCUT2D eigenvalue weighted by atomic mass is 10.0. The Bertz CT molecular complexity index is 1160. The number of rotatable bonds is 52. The van der Waals surface area contributed by atoms with E-state index in [1.165, 1.54) is 180 Å². The van der Waals surface area contributed by atoms with E-state index >= 15 is 0 Å². The topological polar surface area (TPSA) is 134 Å². The monoisotopic (exact) mass is 938 g/mol. The first-order chi connectivity index (χ1) is 31.8. The molecule has 0 aromatic carbocycles. The molecule has 0 spiro atoms. The minimum atomic E-state index is -4.38. The van der Waals surface area contributed by atoms with Crippen molar-refractivity contribution in [1.82, 2.24) is 0 Å². The number of carbonyl (C=O) groups excluding carboxylic acids is 2. The molecule has 0 fully saturated rings. The molecule has 382 valence electrons. The van der Waals surface area contributed by atoms with E-state index in [1.54, 1.807) is 0 Å². The number of allylic oxidation sites excluding steroid dienone is 6. The van der Waals surface area contributed by atoms with E-state index in [0.717, 1.165) is 57.8 Å². The minimum Gasteiger partial charge on any atom is -0.462 e. The number of hydrogen-bond acceptors (Lipinski definition) is 8. The second kappa shape index (κ2) is 51.6. The fourth-order valence-corrected chi connectivity index (χ4v) is 8.66. The summed E-state index contributed by atoms with van der Waals surface area (Å²) in [5, 5.41) is 0. The van der Waals surface area contributed by atoms with Gasteiger partial charge in [0.15, 0.2) is 6.10 Å². The highest BCUT2D eigenvalue weighted by atomic mass is 31.2. The number of esters is 2. The van der Waals surface area contributed by atoms with Crippen LogP contribution in [0.1, 0.15) is 271 Å². The van der Waals surface area contributed by atoms with E-state index in [0.29, 0.717) is 6.42 Å². The average molecular weight is 938 g/mol. The van der Waals surface area contributed by atoms with Gasteiger partial charge in [-0.1, -0.05) is 224 Å². The van der Waals surface area contributed by atoms with Crippen molar-refractivity contribution in [3.8, 4) is 0 Å². The molecule has 0 heterocycles. The highest BCUT2D eigenvalue weighted by Crippen LogP contribution is 2.43. The van der Waals surface area contributed by atoms with Crippen LogP contribution in [0, 0.1) is 0 Å². The van der Waals surface area contributed by atoms with Gasteiger partial charge in [0.25, 0.3) is 0 Å². The van der Waals surface area contributed by atoms with Crippen molar-refractivity contribution < 1.29 is 37.6 Å². The fourth-order valence-electron chi connectivity index (χ4n) is 7.90. The molecular formula is C55H104NO8P. The summed E-state index contributed by atoms with van der Waals surface area (Å²) in [6, 6.07) is 0. The number of nitrogens with two attached hydrogens (primary N) is 1. The van der Waals surface area contributed by atoms with Gasteiger partial charge >= 0.3 is 19.8 Å². The number of phosphoric acid groups is 1. The third-order valence-electron chi connectivity index (χ3n) is 12.0. The number of ether oxygens (including phenoxy) is 2. The first kappa shape index (κ1) is 63.2. The largest absolute Gasteiger partial charge is 0.472 e. The van der Waals surface area contributed by atoms with Gasteiger partial charge in [-0.25, -0.2) is 4.57 Å². The molecule has 3 N–H and O–H groups in total. The Morgan fingerprint density at radius 2 is 0.800 bits per heavy atom. The van der Waals surface area contributed by atoms with Crippen molar-refractivity contribution in [3.63, 3.8) is 0 Å². The zero-order valence-electron chi connectivity index (χ0n) is 42.5. The molecule has 0 aliphatic heterocycles. The highest BCUT2D eigenvalue weighted by molar-refractivity contribution is 7.47. The van der Waals surface area contributed by atoms with Crippen LogP contribution in [-0.2, 0) is 32.7 Å². The summed E-state index contributed by atoms with van der Waals surface area (Å²) in [6.07, 6.45) is 60.6. The molecule has 0 saturated heterocycles. The van der Waals surface area contributed by atoms with Crippen molar-refractivity contribution in [2.24, 2.45) is 5.73 Å². The number of hydrogen-bond donors (Lipinski definition) is 2.